The van der Waals surface area contributed by atoms with Crippen molar-refractivity contribution in [2.45, 2.75) is 18.0 Å². The van der Waals surface area contributed by atoms with Gasteiger partial charge in [0.15, 0.2) is 0 Å². The predicted octanol–water partition coefficient (Wildman–Crippen LogP) is 3.33. The molecular weight excluding hydrogens is 329 g/mol. The summed E-state index contributed by atoms with van der Waals surface area (Å²) in [6, 6.07) is 10.7. The fourth-order valence-electron chi connectivity index (χ4n) is 1.80. The molecule has 0 aliphatic heterocycles. The van der Waals surface area contributed by atoms with Crippen LogP contribution in [0.15, 0.2) is 58.5 Å². The van der Waals surface area contributed by atoms with Crippen molar-refractivity contribution in [3.05, 3.63) is 65.2 Å². The lowest BCUT2D eigenvalue weighted by Gasteiger charge is -2.09. The number of hydrogen-bond donors (Lipinski definition) is 1. The Kier molecular flexibility index (Phi) is 4.74. The van der Waals surface area contributed by atoms with Gasteiger partial charge in [0.1, 0.15) is 0 Å². The van der Waals surface area contributed by atoms with E-state index in [1.165, 1.54) is 30.3 Å². The van der Waals surface area contributed by atoms with Crippen LogP contribution in [0.1, 0.15) is 16.7 Å². The van der Waals surface area contributed by atoms with Crippen LogP contribution in [0, 0.1) is 6.92 Å². The molecule has 0 aliphatic rings. The molecule has 0 bridgehead atoms. The summed E-state index contributed by atoms with van der Waals surface area (Å²) in [6.45, 7) is 1.80. The molecule has 2 aromatic rings. The van der Waals surface area contributed by atoms with Crippen molar-refractivity contribution in [3.63, 3.8) is 0 Å². The number of hydrogen-bond acceptors (Lipinski definition) is 3. The third-order valence-corrected chi connectivity index (χ3v) is 4.21. The lowest BCUT2D eigenvalue weighted by molar-refractivity contribution is -0.137. The molecule has 0 radical (unpaired) electrons. The van der Waals surface area contributed by atoms with Gasteiger partial charge >= 0.3 is 6.18 Å². The van der Waals surface area contributed by atoms with E-state index in [0.717, 1.165) is 17.8 Å². The number of sulfonamides is 1. The molecule has 0 amide bonds. The van der Waals surface area contributed by atoms with Crippen LogP contribution in [0.4, 0.5) is 13.2 Å². The number of aryl methyl sites for hydroxylation is 1. The number of halogens is 3. The zero-order chi connectivity index (χ0) is 17.1. The smallest absolute Gasteiger partial charge is 0.200 e. The van der Waals surface area contributed by atoms with Crippen LogP contribution >= 0.6 is 0 Å². The van der Waals surface area contributed by atoms with E-state index in [2.05, 4.69) is 5.10 Å². The number of hydrazone groups is 1. The Balaban J connectivity index is 2.21. The Morgan fingerprint density at radius 3 is 2.26 bits per heavy atom. The Morgan fingerprint density at radius 1 is 1.04 bits per heavy atom. The molecule has 2 aromatic carbocycles. The Hall–Kier alpha value is -2.35. The van der Waals surface area contributed by atoms with Crippen molar-refractivity contribution >= 4 is 16.2 Å². The van der Waals surface area contributed by atoms with E-state index in [4.69, 9.17) is 0 Å². The van der Waals surface area contributed by atoms with E-state index in [-0.39, 0.29) is 10.5 Å². The fourth-order valence-corrected chi connectivity index (χ4v) is 2.59. The zero-order valence-electron chi connectivity index (χ0n) is 12.0. The predicted molar refractivity (Wildman–Crippen MR) is 80.5 cm³/mol. The molecular formula is C15H13F3N2O2S. The maximum atomic E-state index is 12.8. The highest BCUT2D eigenvalue weighted by Gasteiger charge is 2.32. The van der Waals surface area contributed by atoms with E-state index < -0.39 is 21.8 Å². The van der Waals surface area contributed by atoms with Crippen LogP contribution in [0.3, 0.4) is 0 Å². The van der Waals surface area contributed by atoms with Crippen LogP contribution < -0.4 is 4.83 Å². The maximum absolute atomic E-state index is 12.8. The van der Waals surface area contributed by atoms with Gasteiger partial charge in [-0.1, -0.05) is 35.9 Å². The van der Waals surface area contributed by atoms with Crippen molar-refractivity contribution < 1.29 is 21.6 Å². The summed E-state index contributed by atoms with van der Waals surface area (Å²) in [5, 5.41) is 3.42. The number of alkyl halides is 3. The Labute approximate surface area is 131 Å². The average Bonchev–Trinajstić information content (AvgIpc) is 2.47. The van der Waals surface area contributed by atoms with Crippen LogP contribution in [-0.4, -0.2) is 14.6 Å². The standard InChI is InChI=1S/C15H13F3N2O2S/c1-11-6-8-13(9-7-11)23(21,22)20-19-10-12-4-2-3-5-14(12)15(16,17)18/h2-10,20H,1H3. The van der Waals surface area contributed by atoms with E-state index in [1.807, 2.05) is 4.83 Å². The second kappa shape index (κ2) is 6.41. The highest BCUT2D eigenvalue weighted by molar-refractivity contribution is 7.89. The molecule has 8 heteroatoms. The average molecular weight is 342 g/mol. The van der Waals surface area contributed by atoms with Gasteiger partial charge in [-0.15, -0.1) is 0 Å². The molecule has 0 aliphatic carbocycles. The summed E-state index contributed by atoms with van der Waals surface area (Å²) < 4.78 is 62.4. The van der Waals surface area contributed by atoms with Gasteiger partial charge in [-0.05, 0) is 25.1 Å². The van der Waals surface area contributed by atoms with Gasteiger partial charge in [-0.25, -0.2) is 4.83 Å². The minimum atomic E-state index is -4.54. The quantitative estimate of drug-likeness (QED) is 0.684. The largest absolute Gasteiger partial charge is 0.417 e. The minimum Gasteiger partial charge on any atom is -0.200 e. The SMILES string of the molecule is Cc1ccc(S(=O)(=O)NN=Cc2ccccc2C(F)(F)F)cc1. The molecule has 1 N–H and O–H groups in total. The third kappa shape index (κ3) is 4.32. The molecule has 2 rings (SSSR count). The second-order valence-electron chi connectivity index (χ2n) is 4.75. The zero-order valence-corrected chi connectivity index (χ0v) is 12.8. The molecule has 0 atom stereocenters. The first kappa shape index (κ1) is 17.0. The summed E-state index contributed by atoms with van der Waals surface area (Å²) in [7, 11) is -3.92. The van der Waals surface area contributed by atoms with Gasteiger partial charge in [0.2, 0.25) is 0 Å². The normalized spacial score (nSPS) is 12.5. The highest BCUT2D eigenvalue weighted by Crippen LogP contribution is 2.31. The first-order chi connectivity index (χ1) is 10.7. The van der Waals surface area contributed by atoms with Gasteiger partial charge in [0.05, 0.1) is 16.7 Å². The summed E-state index contributed by atoms with van der Waals surface area (Å²) in [5.41, 5.74) is -0.239. The topological polar surface area (TPSA) is 58.5 Å². The second-order valence-corrected chi connectivity index (χ2v) is 6.41. The lowest BCUT2D eigenvalue weighted by Crippen LogP contribution is -2.18. The third-order valence-electron chi connectivity index (χ3n) is 2.97. The van der Waals surface area contributed by atoms with Crippen LogP contribution in [0.5, 0.6) is 0 Å². The number of nitrogens with one attached hydrogen (secondary N) is 1. The summed E-state index contributed by atoms with van der Waals surface area (Å²) in [6.07, 6.45) is -3.72. The minimum absolute atomic E-state index is 0.0237. The van der Waals surface area contributed by atoms with Crippen LogP contribution in [-0.2, 0) is 16.2 Å². The molecule has 0 fully saturated rings. The molecule has 0 saturated carbocycles. The summed E-state index contributed by atoms with van der Waals surface area (Å²) in [4.78, 5) is 1.87. The number of nitrogens with zero attached hydrogens (tertiary/aromatic N) is 1. The number of rotatable bonds is 4. The van der Waals surface area contributed by atoms with Gasteiger partial charge in [-0.3, -0.25) is 0 Å². The van der Waals surface area contributed by atoms with Crippen molar-refractivity contribution in [2.24, 2.45) is 5.10 Å². The highest BCUT2D eigenvalue weighted by atomic mass is 32.2. The maximum Gasteiger partial charge on any atom is 0.417 e. The lowest BCUT2D eigenvalue weighted by atomic mass is 10.1. The van der Waals surface area contributed by atoms with Crippen molar-refractivity contribution in [1.82, 2.24) is 4.83 Å². The van der Waals surface area contributed by atoms with Gasteiger partial charge in [0.25, 0.3) is 10.0 Å². The molecule has 0 unspecified atom stereocenters. The van der Waals surface area contributed by atoms with E-state index in [9.17, 15) is 21.6 Å². The number of benzene rings is 2. The monoisotopic (exact) mass is 342 g/mol. The van der Waals surface area contributed by atoms with Crippen molar-refractivity contribution in [2.75, 3.05) is 0 Å². The molecule has 23 heavy (non-hydrogen) atoms. The van der Waals surface area contributed by atoms with Crippen molar-refractivity contribution in [3.8, 4) is 0 Å². The molecule has 4 nitrogen and oxygen atoms in total. The first-order valence-electron chi connectivity index (χ1n) is 6.48. The summed E-state index contributed by atoms with van der Waals surface area (Å²) in [5.74, 6) is 0. The molecule has 0 aromatic heterocycles. The van der Waals surface area contributed by atoms with Crippen LogP contribution in [0.2, 0.25) is 0 Å². The van der Waals surface area contributed by atoms with Gasteiger partial charge in [0, 0.05) is 5.56 Å². The van der Waals surface area contributed by atoms with Gasteiger partial charge in [-0.2, -0.15) is 26.7 Å². The van der Waals surface area contributed by atoms with Gasteiger partial charge < -0.3 is 0 Å². The Bertz CT molecular complexity index is 813. The Morgan fingerprint density at radius 2 is 1.65 bits per heavy atom. The van der Waals surface area contributed by atoms with E-state index in [1.54, 1.807) is 19.1 Å². The van der Waals surface area contributed by atoms with Crippen molar-refractivity contribution in [1.29, 1.82) is 0 Å². The molecule has 0 heterocycles. The van der Waals surface area contributed by atoms with E-state index in [0.29, 0.717) is 0 Å². The molecule has 0 spiro atoms. The first-order valence-corrected chi connectivity index (χ1v) is 7.96. The fraction of sp³-hybridized carbons (Fsp3) is 0.133. The van der Waals surface area contributed by atoms with Crippen LogP contribution in [0.25, 0.3) is 0 Å². The molecule has 0 saturated heterocycles. The molecule has 122 valence electrons. The van der Waals surface area contributed by atoms with E-state index >= 15 is 0 Å². The summed E-state index contributed by atoms with van der Waals surface area (Å²) >= 11 is 0.